The Balaban J connectivity index is 1.81. The van der Waals surface area contributed by atoms with Crippen LogP contribution in [0.25, 0.3) is 0 Å². The summed E-state index contributed by atoms with van der Waals surface area (Å²) in [5.74, 6) is -0.208. The molecule has 1 aliphatic rings. The van der Waals surface area contributed by atoms with Crippen LogP contribution >= 0.6 is 0 Å². The van der Waals surface area contributed by atoms with Crippen LogP contribution in [0, 0.1) is 11.3 Å². The molecule has 5 heteroatoms. The van der Waals surface area contributed by atoms with Gasteiger partial charge in [0.15, 0.2) is 0 Å². The van der Waals surface area contributed by atoms with Gasteiger partial charge >= 0.3 is 0 Å². The van der Waals surface area contributed by atoms with E-state index in [1.807, 2.05) is 43.3 Å². The molecule has 0 aromatic heterocycles. The predicted octanol–water partition coefficient (Wildman–Crippen LogP) is 3.02. The van der Waals surface area contributed by atoms with Crippen molar-refractivity contribution in [3.8, 4) is 6.07 Å². The molecule has 0 saturated carbocycles. The molecule has 26 heavy (non-hydrogen) atoms. The van der Waals surface area contributed by atoms with E-state index < -0.39 is 6.04 Å². The van der Waals surface area contributed by atoms with E-state index in [2.05, 4.69) is 6.07 Å². The van der Waals surface area contributed by atoms with Crippen LogP contribution < -0.4 is 4.90 Å². The average Bonchev–Trinajstić information content (AvgIpc) is 3.05. The van der Waals surface area contributed by atoms with Gasteiger partial charge in [0.1, 0.15) is 6.04 Å². The van der Waals surface area contributed by atoms with Crippen molar-refractivity contribution in [2.75, 3.05) is 18.0 Å². The summed E-state index contributed by atoms with van der Waals surface area (Å²) in [7, 11) is 0. The van der Waals surface area contributed by atoms with Crippen molar-refractivity contribution in [2.24, 2.45) is 0 Å². The molecule has 1 heterocycles. The number of nitriles is 1. The van der Waals surface area contributed by atoms with Gasteiger partial charge in [-0.2, -0.15) is 5.26 Å². The van der Waals surface area contributed by atoms with Crippen molar-refractivity contribution < 1.29 is 9.59 Å². The van der Waals surface area contributed by atoms with Gasteiger partial charge in [0.2, 0.25) is 5.91 Å². The maximum atomic E-state index is 13.0. The van der Waals surface area contributed by atoms with Crippen molar-refractivity contribution in [1.29, 1.82) is 5.26 Å². The zero-order chi connectivity index (χ0) is 18.5. The van der Waals surface area contributed by atoms with Crippen LogP contribution in [0.3, 0.4) is 0 Å². The van der Waals surface area contributed by atoms with Crippen LogP contribution in [0.2, 0.25) is 0 Å². The fraction of sp³-hybridized carbons (Fsp3) is 0.286. The van der Waals surface area contributed by atoms with E-state index in [-0.39, 0.29) is 18.2 Å². The number of carbonyl (C=O) groups is 2. The summed E-state index contributed by atoms with van der Waals surface area (Å²) < 4.78 is 0. The Hall–Kier alpha value is -3.13. The van der Waals surface area contributed by atoms with Gasteiger partial charge in [0, 0.05) is 24.3 Å². The molecule has 0 N–H and O–H groups in total. The van der Waals surface area contributed by atoms with Gasteiger partial charge in [-0.15, -0.1) is 0 Å². The van der Waals surface area contributed by atoms with Crippen molar-refractivity contribution in [3.05, 3.63) is 65.7 Å². The van der Waals surface area contributed by atoms with Crippen LogP contribution in [-0.4, -0.2) is 35.8 Å². The topological polar surface area (TPSA) is 64.4 Å². The number of rotatable bonds is 5. The fourth-order valence-corrected chi connectivity index (χ4v) is 3.40. The molecule has 5 nitrogen and oxygen atoms in total. The highest BCUT2D eigenvalue weighted by Crippen LogP contribution is 2.25. The lowest BCUT2D eigenvalue weighted by atomic mass is 10.1. The highest BCUT2D eigenvalue weighted by atomic mass is 16.2. The lowest BCUT2D eigenvalue weighted by Crippen LogP contribution is -2.45. The summed E-state index contributed by atoms with van der Waals surface area (Å²) in [6, 6.07) is 18.3. The Morgan fingerprint density at radius 1 is 1.23 bits per heavy atom. The molecule has 1 aliphatic heterocycles. The maximum absolute atomic E-state index is 13.0. The molecule has 0 radical (unpaired) electrons. The third kappa shape index (κ3) is 3.45. The summed E-state index contributed by atoms with van der Waals surface area (Å²) in [6.45, 7) is 2.95. The van der Waals surface area contributed by atoms with Crippen molar-refractivity contribution in [1.82, 2.24) is 4.90 Å². The first-order valence-corrected chi connectivity index (χ1v) is 8.79. The fourth-order valence-electron chi connectivity index (χ4n) is 3.40. The Morgan fingerprint density at radius 2 is 2.00 bits per heavy atom. The predicted molar refractivity (Wildman–Crippen MR) is 99.7 cm³/mol. The van der Waals surface area contributed by atoms with Crippen molar-refractivity contribution >= 4 is 17.5 Å². The molecule has 0 spiro atoms. The molecule has 2 aromatic carbocycles. The minimum absolute atomic E-state index is 0.0421. The van der Waals surface area contributed by atoms with E-state index in [0.29, 0.717) is 25.1 Å². The normalized spacial score (nSPS) is 16.4. The minimum Gasteiger partial charge on any atom is -0.327 e. The summed E-state index contributed by atoms with van der Waals surface area (Å²) in [5, 5.41) is 8.85. The number of likely N-dealkylation sites (N-methyl/N-ethyl adjacent to an activating group) is 1. The Bertz CT molecular complexity index is 842. The highest BCUT2D eigenvalue weighted by Gasteiger charge is 2.38. The number of anilines is 1. The van der Waals surface area contributed by atoms with Gasteiger partial charge in [-0.3, -0.25) is 9.59 Å². The minimum atomic E-state index is -0.452. The summed E-state index contributed by atoms with van der Waals surface area (Å²) in [6.07, 6.45) is 0.878. The Labute approximate surface area is 153 Å². The van der Waals surface area contributed by atoms with E-state index in [9.17, 15) is 9.59 Å². The second-order valence-corrected chi connectivity index (χ2v) is 6.26. The van der Waals surface area contributed by atoms with Crippen LogP contribution in [0.15, 0.2) is 54.6 Å². The molecule has 2 aromatic rings. The zero-order valence-electron chi connectivity index (χ0n) is 14.8. The van der Waals surface area contributed by atoms with E-state index in [1.165, 1.54) is 0 Å². The van der Waals surface area contributed by atoms with E-state index in [4.69, 9.17) is 5.26 Å². The number of amides is 2. The van der Waals surface area contributed by atoms with E-state index in [1.54, 1.807) is 28.0 Å². The highest BCUT2D eigenvalue weighted by molar-refractivity contribution is 6.04. The van der Waals surface area contributed by atoms with Crippen molar-refractivity contribution in [2.45, 2.75) is 25.8 Å². The summed E-state index contributed by atoms with van der Waals surface area (Å²) in [4.78, 5) is 29.3. The Morgan fingerprint density at radius 3 is 2.69 bits per heavy atom. The lowest BCUT2D eigenvalue weighted by Gasteiger charge is -2.27. The molecule has 132 valence electrons. The monoisotopic (exact) mass is 347 g/mol. The quantitative estimate of drug-likeness (QED) is 0.835. The number of hydrogen-bond donors (Lipinski definition) is 0. The van der Waals surface area contributed by atoms with Crippen LogP contribution in [-0.2, 0) is 11.2 Å². The van der Waals surface area contributed by atoms with Gasteiger partial charge in [-0.25, -0.2) is 0 Å². The molecular weight excluding hydrogens is 326 g/mol. The lowest BCUT2D eigenvalue weighted by molar-refractivity contribution is -0.120. The first-order chi connectivity index (χ1) is 12.7. The molecule has 0 bridgehead atoms. The number of carbonyl (C=O) groups excluding carboxylic acids is 2. The maximum Gasteiger partial charge on any atom is 0.254 e. The molecule has 2 amide bonds. The first-order valence-electron chi connectivity index (χ1n) is 8.79. The zero-order valence-corrected chi connectivity index (χ0v) is 14.8. The van der Waals surface area contributed by atoms with Gasteiger partial charge in [0.25, 0.3) is 5.91 Å². The van der Waals surface area contributed by atoms with Gasteiger partial charge in [-0.05, 0) is 43.2 Å². The molecule has 1 atom stereocenters. The summed E-state index contributed by atoms with van der Waals surface area (Å²) >= 11 is 0. The number of hydrogen-bond acceptors (Lipinski definition) is 3. The molecular formula is C21H21N3O2. The van der Waals surface area contributed by atoms with E-state index in [0.717, 1.165) is 11.3 Å². The first kappa shape index (κ1) is 17.7. The van der Waals surface area contributed by atoms with Gasteiger partial charge in [0.05, 0.1) is 12.5 Å². The largest absolute Gasteiger partial charge is 0.327 e. The van der Waals surface area contributed by atoms with Gasteiger partial charge in [-0.1, -0.05) is 30.3 Å². The summed E-state index contributed by atoms with van der Waals surface area (Å²) in [5.41, 5.74) is 2.18. The molecule has 1 fully saturated rings. The van der Waals surface area contributed by atoms with Gasteiger partial charge < -0.3 is 9.80 Å². The second kappa shape index (κ2) is 7.83. The van der Waals surface area contributed by atoms with Crippen LogP contribution in [0.5, 0.6) is 0 Å². The molecule has 1 unspecified atom stereocenters. The van der Waals surface area contributed by atoms with Crippen molar-refractivity contribution in [3.63, 3.8) is 0 Å². The number of para-hydroxylation sites is 1. The molecule has 0 aliphatic carbocycles. The SMILES string of the molecule is CCN(C(=O)c1cccc(CC#N)c1)C1CCN(c2ccccc2)C1=O. The number of nitrogens with zero attached hydrogens (tertiary/aromatic N) is 3. The van der Waals surface area contributed by atoms with Crippen LogP contribution in [0.1, 0.15) is 29.3 Å². The third-order valence-electron chi connectivity index (χ3n) is 4.68. The number of benzene rings is 2. The molecule has 1 saturated heterocycles. The standard InChI is InChI=1S/C21H21N3O2/c1-2-23(20(25)17-8-6-7-16(15-17)11-13-22)19-12-14-24(21(19)26)18-9-4-3-5-10-18/h3-10,15,19H,2,11-12,14H2,1H3. The average molecular weight is 347 g/mol. The Kier molecular flexibility index (Phi) is 5.33. The third-order valence-corrected chi connectivity index (χ3v) is 4.68. The second-order valence-electron chi connectivity index (χ2n) is 6.26. The van der Waals surface area contributed by atoms with E-state index >= 15 is 0 Å². The smallest absolute Gasteiger partial charge is 0.254 e. The molecule has 3 rings (SSSR count). The van der Waals surface area contributed by atoms with Crippen LogP contribution in [0.4, 0.5) is 5.69 Å².